The summed E-state index contributed by atoms with van der Waals surface area (Å²) < 4.78 is 40.1. The molecule has 8 heteroatoms. The van der Waals surface area contributed by atoms with Gasteiger partial charge in [-0.3, -0.25) is 4.79 Å². The second-order valence-corrected chi connectivity index (χ2v) is 3.90. The molecule has 5 nitrogen and oxygen atoms in total. The van der Waals surface area contributed by atoms with E-state index in [1.165, 1.54) is 12.1 Å². The van der Waals surface area contributed by atoms with Crippen LogP contribution in [0.5, 0.6) is 5.88 Å². The number of pyridine rings is 1. The minimum atomic E-state index is -4.42. The summed E-state index contributed by atoms with van der Waals surface area (Å²) >= 11 is 0. The Labute approximate surface area is 108 Å². The van der Waals surface area contributed by atoms with Gasteiger partial charge in [-0.1, -0.05) is 0 Å². The maximum absolute atomic E-state index is 11.9. The predicted molar refractivity (Wildman–Crippen MR) is 61.8 cm³/mol. The van der Waals surface area contributed by atoms with Crippen molar-refractivity contribution in [2.75, 3.05) is 13.2 Å². The molecule has 1 aromatic rings. The number of nitrogens with zero attached hydrogens (tertiary/aromatic N) is 1. The van der Waals surface area contributed by atoms with Crippen LogP contribution in [0.4, 0.5) is 13.2 Å². The Morgan fingerprint density at radius 3 is 2.68 bits per heavy atom. The van der Waals surface area contributed by atoms with Crippen LogP contribution in [0.25, 0.3) is 0 Å². The van der Waals surface area contributed by atoms with Crippen LogP contribution in [0.1, 0.15) is 17.3 Å². The maximum Gasteiger partial charge on any atom is 0.422 e. The van der Waals surface area contributed by atoms with Gasteiger partial charge in [-0.2, -0.15) is 13.2 Å². The van der Waals surface area contributed by atoms with Gasteiger partial charge in [-0.05, 0) is 13.0 Å². The number of nitrogens with one attached hydrogen (secondary N) is 1. The molecule has 1 amide bonds. The molecule has 0 spiro atoms. The quantitative estimate of drug-likeness (QED) is 0.845. The van der Waals surface area contributed by atoms with Crippen molar-refractivity contribution < 1.29 is 22.7 Å². The first-order valence-corrected chi connectivity index (χ1v) is 5.48. The highest BCUT2D eigenvalue weighted by Gasteiger charge is 2.28. The third-order valence-electron chi connectivity index (χ3n) is 2.11. The number of amides is 1. The number of rotatable bonds is 5. The van der Waals surface area contributed by atoms with Crippen LogP contribution < -0.4 is 15.8 Å². The molecule has 0 saturated carbocycles. The monoisotopic (exact) mass is 277 g/mol. The van der Waals surface area contributed by atoms with Gasteiger partial charge in [0.25, 0.3) is 5.91 Å². The molecule has 3 N–H and O–H groups in total. The Bertz CT molecular complexity index is 420. The Balaban J connectivity index is 2.58. The number of ether oxygens (including phenoxy) is 1. The first-order chi connectivity index (χ1) is 8.81. The number of halogens is 3. The molecule has 1 heterocycles. The van der Waals surface area contributed by atoms with Crippen molar-refractivity contribution in [3.8, 4) is 5.88 Å². The standard InChI is InChI=1S/C11H14F3N3O2/c1-7(4-15)17-10(18)8-2-3-9(16-5-8)19-6-11(12,13)14/h2-3,5,7H,4,6,15H2,1H3,(H,17,18)/t7-/m0/s1. The largest absolute Gasteiger partial charge is 0.468 e. The van der Waals surface area contributed by atoms with Gasteiger partial charge in [0.2, 0.25) is 5.88 Å². The Hall–Kier alpha value is -1.83. The van der Waals surface area contributed by atoms with Crippen LogP contribution in [0, 0.1) is 0 Å². The minimum absolute atomic E-state index is 0.194. The zero-order valence-electron chi connectivity index (χ0n) is 10.2. The van der Waals surface area contributed by atoms with E-state index >= 15 is 0 Å². The number of nitrogens with two attached hydrogens (primary N) is 1. The van der Waals surface area contributed by atoms with Gasteiger partial charge < -0.3 is 15.8 Å². The molecular formula is C11H14F3N3O2. The lowest BCUT2D eigenvalue weighted by atomic mass is 10.2. The van der Waals surface area contributed by atoms with Crippen molar-refractivity contribution in [3.05, 3.63) is 23.9 Å². The third kappa shape index (κ3) is 5.56. The number of aromatic nitrogens is 1. The van der Waals surface area contributed by atoms with Crippen molar-refractivity contribution in [2.24, 2.45) is 5.73 Å². The number of hydrogen-bond acceptors (Lipinski definition) is 4. The third-order valence-corrected chi connectivity index (χ3v) is 2.11. The van der Waals surface area contributed by atoms with E-state index in [4.69, 9.17) is 5.73 Å². The molecule has 0 aliphatic carbocycles. The fourth-order valence-corrected chi connectivity index (χ4v) is 1.12. The van der Waals surface area contributed by atoms with Crippen molar-refractivity contribution in [3.63, 3.8) is 0 Å². The van der Waals surface area contributed by atoms with E-state index in [2.05, 4.69) is 15.0 Å². The molecular weight excluding hydrogens is 263 g/mol. The fourth-order valence-electron chi connectivity index (χ4n) is 1.12. The Morgan fingerprint density at radius 1 is 1.53 bits per heavy atom. The fraction of sp³-hybridized carbons (Fsp3) is 0.455. The summed E-state index contributed by atoms with van der Waals surface area (Å²) in [6, 6.07) is 2.33. The van der Waals surface area contributed by atoms with Crippen LogP contribution in [0.3, 0.4) is 0 Å². The van der Waals surface area contributed by atoms with Crippen molar-refractivity contribution in [2.45, 2.75) is 19.1 Å². The topological polar surface area (TPSA) is 77.2 Å². The number of carbonyl (C=O) groups excluding carboxylic acids is 1. The summed E-state index contributed by atoms with van der Waals surface area (Å²) in [5.41, 5.74) is 5.57. The van der Waals surface area contributed by atoms with Crippen molar-refractivity contribution >= 4 is 5.91 Å². The van der Waals surface area contributed by atoms with Gasteiger partial charge in [-0.25, -0.2) is 4.98 Å². The number of carbonyl (C=O) groups is 1. The Morgan fingerprint density at radius 2 is 2.21 bits per heavy atom. The van der Waals surface area contributed by atoms with Gasteiger partial charge in [0.15, 0.2) is 6.61 Å². The van der Waals surface area contributed by atoms with Gasteiger partial charge in [-0.15, -0.1) is 0 Å². The molecule has 106 valence electrons. The summed E-state index contributed by atoms with van der Waals surface area (Å²) in [4.78, 5) is 15.2. The van der Waals surface area contributed by atoms with Crippen molar-refractivity contribution in [1.29, 1.82) is 0 Å². The van der Waals surface area contributed by atoms with Gasteiger partial charge >= 0.3 is 6.18 Å². The molecule has 0 aliphatic heterocycles. The van der Waals surface area contributed by atoms with E-state index < -0.39 is 18.7 Å². The number of alkyl halides is 3. The summed E-state index contributed by atoms with van der Waals surface area (Å²) in [6.45, 7) is 0.591. The van der Waals surface area contributed by atoms with Crippen LogP contribution in [-0.2, 0) is 0 Å². The molecule has 0 radical (unpaired) electrons. The van der Waals surface area contributed by atoms with Gasteiger partial charge in [0, 0.05) is 24.8 Å². The average molecular weight is 277 g/mol. The highest BCUT2D eigenvalue weighted by atomic mass is 19.4. The second-order valence-electron chi connectivity index (χ2n) is 3.90. The summed E-state index contributed by atoms with van der Waals surface area (Å²) in [5, 5.41) is 2.60. The molecule has 19 heavy (non-hydrogen) atoms. The Kier molecular flexibility index (Phi) is 5.11. The van der Waals surface area contributed by atoms with Crippen LogP contribution >= 0.6 is 0 Å². The van der Waals surface area contributed by atoms with E-state index in [9.17, 15) is 18.0 Å². The predicted octanol–water partition coefficient (Wildman–Crippen LogP) is 1.10. The smallest absolute Gasteiger partial charge is 0.422 e. The molecule has 1 rings (SSSR count). The molecule has 0 bridgehead atoms. The highest BCUT2D eigenvalue weighted by molar-refractivity contribution is 5.94. The van der Waals surface area contributed by atoms with E-state index in [-0.39, 0.29) is 24.0 Å². The molecule has 0 aliphatic rings. The van der Waals surface area contributed by atoms with Gasteiger partial charge in [0.05, 0.1) is 5.56 Å². The summed E-state index contributed by atoms with van der Waals surface area (Å²) in [5.74, 6) is -0.589. The zero-order valence-corrected chi connectivity index (χ0v) is 10.2. The highest BCUT2D eigenvalue weighted by Crippen LogP contribution is 2.16. The summed E-state index contributed by atoms with van der Waals surface area (Å²) in [6.07, 6.45) is -3.28. The van der Waals surface area contributed by atoms with E-state index in [1.54, 1.807) is 6.92 Å². The first kappa shape index (κ1) is 15.2. The van der Waals surface area contributed by atoms with E-state index in [0.717, 1.165) is 6.20 Å². The second kappa shape index (κ2) is 6.37. The lowest BCUT2D eigenvalue weighted by Gasteiger charge is -2.11. The van der Waals surface area contributed by atoms with Crippen LogP contribution in [-0.4, -0.2) is 36.3 Å². The maximum atomic E-state index is 11.9. The van der Waals surface area contributed by atoms with Crippen molar-refractivity contribution in [1.82, 2.24) is 10.3 Å². The SMILES string of the molecule is C[C@@H](CN)NC(=O)c1ccc(OCC(F)(F)F)nc1. The lowest BCUT2D eigenvalue weighted by Crippen LogP contribution is -2.37. The van der Waals surface area contributed by atoms with E-state index in [1.807, 2.05) is 0 Å². The summed E-state index contributed by atoms with van der Waals surface area (Å²) in [7, 11) is 0. The van der Waals surface area contributed by atoms with Gasteiger partial charge in [0.1, 0.15) is 0 Å². The molecule has 0 unspecified atom stereocenters. The number of hydrogen-bond donors (Lipinski definition) is 2. The minimum Gasteiger partial charge on any atom is -0.468 e. The normalized spacial score (nSPS) is 12.9. The van der Waals surface area contributed by atoms with E-state index in [0.29, 0.717) is 0 Å². The molecule has 0 fully saturated rings. The first-order valence-electron chi connectivity index (χ1n) is 5.48. The average Bonchev–Trinajstić information content (AvgIpc) is 2.36. The molecule has 1 aromatic heterocycles. The van der Waals surface area contributed by atoms with Crippen LogP contribution in [0.2, 0.25) is 0 Å². The molecule has 1 atom stereocenters. The molecule has 0 aromatic carbocycles. The molecule has 0 saturated heterocycles. The lowest BCUT2D eigenvalue weighted by molar-refractivity contribution is -0.154. The van der Waals surface area contributed by atoms with Crippen LogP contribution in [0.15, 0.2) is 18.3 Å². The zero-order chi connectivity index (χ0) is 14.5.